The van der Waals surface area contributed by atoms with Crippen molar-refractivity contribution in [3.63, 3.8) is 0 Å². The van der Waals surface area contributed by atoms with E-state index in [0.717, 1.165) is 16.9 Å². The molecule has 1 amide bonds. The molecule has 3 aromatic rings. The fraction of sp³-hybridized carbons (Fsp3) is 0.217. The maximum absolute atomic E-state index is 12.4. The lowest BCUT2D eigenvalue weighted by molar-refractivity contribution is -0.115. The number of carbonyl (C=O) groups excluding carboxylic acids is 2. The average molecular weight is 393 g/mol. The summed E-state index contributed by atoms with van der Waals surface area (Å²) < 4.78 is 0. The predicted octanol–water partition coefficient (Wildman–Crippen LogP) is 4.83. The van der Waals surface area contributed by atoms with Crippen molar-refractivity contribution in [1.82, 2.24) is 5.32 Å². The number of ketones is 1. The van der Waals surface area contributed by atoms with E-state index in [0.29, 0.717) is 11.3 Å². The number of hydrogen-bond acceptors (Lipinski definition) is 4. The van der Waals surface area contributed by atoms with Crippen molar-refractivity contribution < 1.29 is 9.59 Å². The Labute approximate surface area is 169 Å². The highest BCUT2D eigenvalue weighted by molar-refractivity contribution is 7.10. The van der Waals surface area contributed by atoms with Gasteiger partial charge in [-0.25, -0.2) is 0 Å². The monoisotopic (exact) mass is 392 g/mol. The van der Waals surface area contributed by atoms with Crippen LogP contribution in [0.1, 0.15) is 46.3 Å². The molecule has 2 N–H and O–H groups in total. The third kappa shape index (κ3) is 5.15. The Morgan fingerprint density at radius 1 is 1.04 bits per heavy atom. The zero-order valence-corrected chi connectivity index (χ0v) is 16.9. The summed E-state index contributed by atoms with van der Waals surface area (Å²) in [6.45, 7) is 3.82. The maximum Gasteiger partial charge on any atom is 0.238 e. The summed E-state index contributed by atoms with van der Waals surface area (Å²) in [5.74, 6) is -0.171. The molecule has 3 rings (SSSR count). The normalized spacial score (nSPS) is 11.8. The number of aryl methyl sites for hydroxylation is 1. The number of carbonyl (C=O) groups is 2. The Kier molecular flexibility index (Phi) is 6.74. The molecule has 0 aliphatic heterocycles. The molecule has 0 fully saturated rings. The average Bonchev–Trinajstić information content (AvgIpc) is 3.23. The molecule has 0 aliphatic carbocycles. The summed E-state index contributed by atoms with van der Waals surface area (Å²) in [5, 5.41) is 8.26. The van der Waals surface area contributed by atoms with Gasteiger partial charge in [-0.2, -0.15) is 0 Å². The summed E-state index contributed by atoms with van der Waals surface area (Å²) in [6.07, 6.45) is 0.999. The molecular formula is C23H24N2O2S. The molecule has 0 unspecified atom stereocenters. The predicted molar refractivity (Wildman–Crippen MR) is 115 cm³/mol. The van der Waals surface area contributed by atoms with E-state index in [9.17, 15) is 9.59 Å². The van der Waals surface area contributed by atoms with Crippen LogP contribution < -0.4 is 10.6 Å². The Balaban J connectivity index is 1.68. The van der Waals surface area contributed by atoms with Crippen LogP contribution in [0.2, 0.25) is 0 Å². The molecule has 2 aromatic carbocycles. The highest BCUT2D eigenvalue weighted by Crippen LogP contribution is 2.26. The van der Waals surface area contributed by atoms with Crippen molar-refractivity contribution >= 4 is 28.7 Å². The fourth-order valence-corrected chi connectivity index (χ4v) is 3.83. The van der Waals surface area contributed by atoms with Crippen LogP contribution in [0.15, 0.2) is 66.0 Å². The first-order valence-electron chi connectivity index (χ1n) is 9.33. The van der Waals surface area contributed by atoms with Crippen molar-refractivity contribution in [1.29, 1.82) is 0 Å². The first-order chi connectivity index (χ1) is 13.6. The first-order valence-corrected chi connectivity index (χ1v) is 10.2. The van der Waals surface area contributed by atoms with Gasteiger partial charge in [-0.3, -0.25) is 14.9 Å². The lowest BCUT2D eigenvalue weighted by Gasteiger charge is -2.18. The molecule has 1 heterocycles. The highest BCUT2D eigenvalue weighted by Gasteiger charge is 2.16. The van der Waals surface area contributed by atoms with E-state index in [1.54, 1.807) is 35.6 Å². The summed E-state index contributed by atoms with van der Waals surface area (Å²) in [6, 6.07) is 19.5. The maximum atomic E-state index is 12.4. The van der Waals surface area contributed by atoms with Crippen molar-refractivity contribution in [2.75, 3.05) is 11.9 Å². The van der Waals surface area contributed by atoms with E-state index in [1.807, 2.05) is 11.4 Å². The van der Waals surface area contributed by atoms with Gasteiger partial charge in [0.05, 0.1) is 12.6 Å². The molecule has 4 nitrogen and oxygen atoms in total. The van der Waals surface area contributed by atoms with Crippen LogP contribution in [0.5, 0.6) is 0 Å². The van der Waals surface area contributed by atoms with E-state index < -0.39 is 0 Å². The van der Waals surface area contributed by atoms with Gasteiger partial charge in [0.15, 0.2) is 5.78 Å². The number of Topliss-reactive ketones (excluding diaryl/α,β-unsaturated/α-hetero) is 1. The van der Waals surface area contributed by atoms with Gasteiger partial charge in [-0.15, -0.1) is 11.3 Å². The number of thiophene rings is 1. The van der Waals surface area contributed by atoms with Gasteiger partial charge in [0, 0.05) is 16.1 Å². The quantitative estimate of drug-likeness (QED) is 0.540. The number of amides is 1. The van der Waals surface area contributed by atoms with Gasteiger partial charge in [0.25, 0.3) is 0 Å². The van der Waals surface area contributed by atoms with Gasteiger partial charge in [-0.1, -0.05) is 49.4 Å². The number of rotatable bonds is 8. The molecule has 0 spiro atoms. The van der Waals surface area contributed by atoms with Crippen molar-refractivity contribution in [2.45, 2.75) is 26.3 Å². The van der Waals surface area contributed by atoms with Gasteiger partial charge in [-0.05, 0) is 48.1 Å². The Bertz CT molecular complexity index is 934. The van der Waals surface area contributed by atoms with Gasteiger partial charge in [0.1, 0.15) is 0 Å². The Morgan fingerprint density at radius 3 is 2.46 bits per heavy atom. The van der Waals surface area contributed by atoms with Gasteiger partial charge in [0.2, 0.25) is 5.91 Å². The zero-order valence-electron chi connectivity index (χ0n) is 16.1. The van der Waals surface area contributed by atoms with E-state index in [-0.39, 0.29) is 24.3 Å². The van der Waals surface area contributed by atoms with Crippen molar-refractivity contribution in [3.05, 3.63) is 87.6 Å². The SMILES string of the molecule is CCc1ccc([C@@H](NCC(=O)Nc2cccc(C(C)=O)c2)c2cccs2)cc1. The molecule has 144 valence electrons. The van der Waals surface area contributed by atoms with Gasteiger partial charge < -0.3 is 5.32 Å². The smallest absolute Gasteiger partial charge is 0.238 e. The van der Waals surface area contributed by atoms with E-state index in [2.05, 4.69) is 47.9 Å². The van der Waals surface area contributed by atoms with Crippen LogP contribution in [0.4, 0.5) is 5.69 Å². The standard InChI is InChI=1S/C23H24N2O2S/c1-3-17-9-11-18(12-10-17)23(21-8-5-13-28-21)24-15-22(27)25-20-7-4-6-19(14-20)16(2)26/h4-14,23-24H,3,15H2,1-2H3,(H,25,27)/t23-/m1/s1. The second-order valence-electron chi connectivity index (χ2n) is 6.61. The largest absolute Gasteiger partial charge is 0.325 e. The van der Waals surface area contributed by atoms with Crippen LogP contribution in [-0.4, -0.2) is 18.2 Å². The number of nitrogens with one attached hydrogen (secondary N) is 2. The zero-order chi connectivity index (χ0) is 19.9. The molecule has 28 heavy (non-hydrogen) atoms. The lowest BCUT2D eigenvalue weighted by Crippen LogP contribution is -2.31. The summed E-state index contributed by atoms with van der Waals surface area (Å²) in [7, 11) is 0. The lowest BCUT2D eigenvalue weighted by atomic mass is 10.0. The molecule has 0 aliphatic rings. The topological polar surface area (TPSA) is 58.2 Å². The minimum atomic E-state index is -0.146. The minimum absolute atomic E-state index is 0.0255. The van der Waals surface area contributed by atoms with E-state index >= 15 is 0 Å². The molecule has 5 heteroatoms. The van der Waals surface area contributed by atoms with Crippen molar-refractivity contribution in [2.24, 2.45) is 0 Å². The number of anilines is 1. The molecule has 0 saturated carbocycles. The van der Waals surface area contributed by atoms with E-state index in [4.69, 9.17) is 0 Å². The molecule has 1 aromatic heterocycles. The van der Waals surface area contributed by atoms with Crippen LogP contribution >= 0.6 is 11.3 Å². The molecule has 0 radical (unpaired) electrons. The van der Waals surface area contributed by atoms with Crippen LogP contribution in [-0.2, 0) is 11.2 Å². The molecule has 1 atom stereocenters. The summed E-state index contributed by atoms with van der Waals surface area (Å²) >= 11 is 1.66. The van der Waals surface area contributed by atoms with Crippen LogP contribution in [0.3, 0.4) is 0 Å². The van der Waals surface area contributed by atoms with E-state index in [1.165, 1.54) is 12.5 Å². The third-order valence-corrected chi connectivity index (χ3v) is 5.51. The Morgan fingerprint density at radius 2 is 1.82 bits per heavy atom. The number of hydrogen-bond donors (Lipinski definition) is 2. The van der Waals surface area contributed by atoms with Crippen LogP contribution in [0, 0.1) is 0 Å². The fourth-order valence-electron chi connectivity index (χ4n) is 3.00. The summed E-state index contributed by atoms with van der Waals surface area (Å²) in [4.78, 5) is 25.1. The summed E-state index contributed by atoms with van der Waals surface area (Å²) in [5.41, 5.74) is 3.63. The highest BCUT2D eigenvalue weighted by atomic mass is 32.1. The first kappa shape index (κ1) is 20.0. The number of benzene rings is 2. The minimum Gasteiger partial charge on any atom is -0.325 e. The van der Waals surface area contributed by atoms with Crippen LogP contribution in [0.25, 0.3) is 0 Å². The molecule has 0 bridgehead atoms. The second-order valence-corrected chi connectivity index (χ2v) is 7.59. The Hall–Kier alpha value is -2.76. The van der Waals surface area contributed by atoms with Gasteiger partial charge >= 0.3 is 0 Å². The third-order valence-electron chi connectivity index (χ3n) is 4.57. The molecular weight excluding hydrogens is 368 g/mol. The second kappa shape index (κ2) is 9.44. The van der Waals surface area contributed by atoms with Crippen molar-refractivity contribution in [3.8, 4) is 0 Å². The molecule has 0 saturated heterocycles.